The second-order valence-electron chi connectivity index (χ2n) is 5.13. The largest absolute Gasteiger partial charge is 0.401 e. The normalized spacial score (nSPS) is 11.8. The Balaban J connectivity index is 1.90. The highest BCUT2D eigenvalue weighted by atomic mass is 32.1. The predicted molar refractivity (Wildman–Crippen MR) is 94.7 cm³/mol. The molecule has 0 fully saturated rings. The van der Waals surface area contributed by atoms with Crippen molar-refractivity contribution in [3.63, 3.8) is 0 Å². The van der Waals surface area contributed by atoms with Gasteiger partial charge in [0.25, 0.3) is 5.91 Å². The summed E-state index contributed by atoms with van der Waals surface area (Å²) in [6.45, 7) is 2.05. The molecule has 0 radical (unpaired) electrons. The zero-order valence-corrected chi connectivity index (χ0v) is 14.2. The molecule has 0 aliphatic heterocycles. The number of hydrazine groups is 1. The highest BCUT2D eigenvalue weighted by molar-refractivity contribution is 7.16. The number of nitrogens with two attached hydrogens (primary N) is 2. The van der Waals surface area contributed by atoms with E-state index in [4.69, 9.17) is 11.6 Å². The molecule has 0 aliphatic carbocycles. The van der Waals surface area contributed by atoms with E-state index in [0.29, 0.717) is 29.5 Å². The number of allylic oxidation sites excluding steroid dienone is 1. The van der Waals surface area contributed by atoms with Gasteiger partial charge in [-0.3, -0.25) is 4.79 Å². The molecular weight excluding hydrogens is 326 g/mol. The summed E-state index contributed by atoms with van der Waals surface area (Å²) in [6.07, 6.45) is 1.69. The molecule has 0 aliphatic rings. The van der Waals surface area contributed by atoms with E-state index < -0.39 is 0 Å². The van der Waals surface area contributed by atoms with Gasteiger partial charge >= 0.3 is 0 Å². The van der Waals surface area contributed by atoms with E-state index in [1.807, 2.05) is 30.3 Å². The van der Waals surface area contributed by atoms with E-state index in [2.05, 4.69) is 10.3 Å². The van der Waals surface area contributed by atoms with Gasteiger partial charge in [0, 0.05) is 18.4 Å². The van der Waals surface area contributed by atoms with Crippen molar-refractivity contribution in [2.75, 3.05) is 19.7 Å². The molecule has 8 heteroatoms. The van der Waals surface area contributed by atoms with Crippen molar-refractivity contribution in [1.82, 2.24) is 15.3 Å². The number of thiazole rings is 1. The van der Waals surface area contributed by atoms with E-state index >= 15 is 0 Å². The fraction of sp³-hybridized carbons (Fsp3) is 0.250. The number of nitrogens with one attached hydrogen (secondary N) is 1. The summed E-state index contributed by atoms with van der Waals surface area (Å²) in [5.74, 6) is 5.55. The Morgan fingerprint density at radius 2 is 2.08 bits per heavy atom. The van der Waals surface area contributed by atoms with Crippen LogP contribution >= 0.6 is 11.3 Å². The van der Waals surface area contributed by atoms with Crippen LogP contribution in [0.4, 0.5) is 0 Å². The smallest absolute Gasteiger partial charge is 0.280 e. The number of amides is 1. The minimum Gasteiger partial charge on any atom is -0.401 e. The van der Waals surface area contributed by atoms with Gasteiger partial charge in [0.1, 0.15) is 0 Å². The standard InChI is InChI=1S/C16H21N5O2S/c1-11(17)13(10-22)21(18)8-7-19-15(23)16-20-9-14(24-16)12-5-3-2-4-6-12/h2-6,9,22H,7-8,10,17-18H2,1H3,(H,19,23)/b13-11-. The molecule has 0 bridgehead atoms. The summed E-state index contributed by atoms with van der Waals surface area (Å²) >= 11 is 1.33. The first-order valence-corrected chi connectivity index (χ1v) is 8.22. The van der Waals surface area contributed by atoms with Crippen molar-refractivity contribution >= 4 is 17.2 Å². The number of aliphatic hydroxyl groups is 1. The number of nitrogens with zero attached hydrogens (tertiary/aromatic N) is 2. The number of benzene rings is 1. The Morgan fingerprint density at radius 3 is 2.71 bits per heavy atom. The molecule has 24 heavy (non-hydrogen) atoms. The topological polar surface area (TPSA) is 118 Å². The lowest BCUT2D eigenvalue weighted by atomic mass is 10.2. The zero-order valence-electron chi connectivity index (χ0n) is 13.4. The van der Waals surface area contributed by atoms with Crippen LogP contribution < -0.4 is 16.9 Å². The van der Waals surface area contributed by atoms with Gasteiger partial charge in [-0.25, -0.2) is 10.8 Å². The highest BCUT2D eigenvalue weighted by Crippen LogP contribution is 2.25. The lowest BCUT2D eigenvalue weighted by Gasteiger charge is -2.21. The van der Waals surface area contributed by atoms with Gasteiger partial charge in [-0.15, -0.1) is 11.3 Å². The molecule has 1 heterocycles. The highest BCUT2D eigenvalue weighted by Gasteiger charge is 2.13. The van der Waals surface area contributed by atoms with Crippen molar-refractivity contribution in [3.05, 3.63) is 52.9 Å². The third kappa shape index (κ3) is 4.54. The molecule has 1 aromatic heterocycles. The van der Waals surface area contributed by atoms with Crippen LogP contribution in [0.15, 0.2) is 47.9 Å². The monoisotopic (exact) mass is 347 g/mol. The van der Waals surface area contributed by atoms with E-state index in [1.54, 1.807) is 13.1 Å². The Bertz CT molecular complexity index is 710. The van der Waals surface area contributed by atoms with E-state index in [-0.39, 0.29) is 12.5 Å². The van der Waals surface area contributed by atoms with Crippen LogP contribution in [0, 0.1) is 0 Å². The number of carbonyl (C=O) groups is 1. The first-order chi connectivity index (χ1) is 11.5. The number of aliphatic hydroxyl groups excluding tert-OH is 1. The SMILES string of the molecule is C/C(N)=C(\CO)N(N)CCNC(=O)c1ncc(-c2ccccc2)s1. The first-order valence-electron chi connectivity index (χ1n) is 7.40. The van der Waals surface area contributed by atoms with E-state index in [1.165, 1.54) is 16.3 Å². The van der Waals surface area contributed by atoms with Gasteiger partial charge in [-0.2, -0.15) is 0 Å². The molecule has 128 valence electrons. The lowest BCUT2D eigenvalue weighted by molar-refractivity contribution is 0.0949. The molecule has 7 nitrogen and oxygen atoms in total. The number of carbonyl (C=O) groups excluding carboxylic acids is 1. The fourth-order valence-corrected chi connectivity index (χ4v) is 2.90. The number of rotatable bonds is 7. The second kappa shape index (κ2) is 8.44. The Hall–Kier alpha value is -2.42. The number of hydrogen-bond donors (Lipinski definition) is 4. The van der Waals surface area contributed by atoms with Crippen molar-refractivity contribution < 1.29 is 9.90 Å². The van der Waals surface area contributed by atoms with Crippen LogP contribution in [-0.2, 0) is 0 Å². The molecule has 2 aromatic rings. The Labute approximate surface area is 144 Å². The summed E-state index contributed by atoms with van der Waals surface area (Å²) < 4.78 is 0. The minimum atomic E-state index is -0.255. The maximum atomic E-state index is 12.1. The van der Waals surface area contributed by atoms with Crippen molar-refractivity contribution in [2.45, 2.75) is 6.92 Å². The lowest BCUT2D eigenvalue weighted by Crippen LogP contribution is -2.40. The molecule has 0 atom stereocenters. The molecule has 0 spiro atoms. The van der Waals surface area contributed by atoms with E-state index in [0.717, 1.165) is 10.4 Å². The summed E-state index contributed by atoms with van der Waals surface area (Å²) in [7, 11) is 0. The first kappa shape index (κ1) is 17.9. The van der Waals surface area contributed by atoms with Crippen molar-refractivity contribution in [3.8, 4) is 10.4 Å². The molecule has 0 unspecified atom stereocenters. The fourth-order valence-electron chi connectivity index (χ4n) is 2.06. The molecular formula is C16H21N5O2S. The molecule has 0 saturated carbocycles. The van der Waals surface area contributed by atoms with Crippen LogP contribution in [0.5, 0.6) is 0 Å². The van der Waals surface area contributed by atoms with Gasteiger partial charge in [-0.1, -0.05) is 30.3 Å². The van der Waals surface area contributed by atoms with Gasteiger partial charge in [0.05, 0.1) is 23.7 Å². The summed E-state index contributed by atoms with van der Waals surface area (Å²) in [5.41, 5.74) is 7.54. The van der Waals surface area contributed by atoms with Crippen LogP contribution in [0.25, 0.3) is 10.4 Å². The van der Waals surface area contributed by atoms with Gasteiger partial charge in [0.2, 0.25) is 0 Å². The van der Waals surface area contributed by atoms with Gasteiger partial charge in [0.15, 0.2) is 5.01 Å². The molecule has 1 aromatic carbocycles. The maximum absolute atomic E-state index is 12.1. The second-order valence-corrected chi connectivity index (χ2v) is 6.16. The quantitative estimate of drug-likeness (QED) is 0.437. The van der Waals surface area contributed by atoms with Crippen LogP contribution in [0.1, 0.15) is 16.7 Å². The average molecular weight is 347 g/mol. The van der Waals surface area contributed by atoms with Crippen molar-refractivity contribution in [2.24, 2.45) is 11.6 Å². The average Bonchev–Trinajstić information content (AvgIpc) is 3.06. The molecule has 6 N–H and O–H groups in total. The Kier molecular flexibility index (Phi) is 6.30. The van der Waals surface area contributed by atoms with Gasteiger partial charge < -0.3 is 21.2 Å². The molecule has 2 rings (SSSR count). The van der Waals surface area contributed by atoms with E-state index in [9.17, 15) is 9.90 Å². The van der Waals surface area contributed by atoms with Crippen LogP contribution in [-0.4, -0.2) is 40.7 Å². The molecule has 1 amide bonds. The van der Waals surface area contributed by atoms with Crippen molar-refractivity contribution in [1.29, 1.82) is 0 Å². The summed E-state index contributed by atoms with van der Waals surface area (Å²) in [5, 5.41) is 13.7. The van der Waals surface area contributed by atoms with Crippen LogP contribution in [0.3, 0.4) is 0 Å². The van der Waals surface area contributed by atoms with Gasteiger partial charge in [-0.05, 0) is 12.5 Å². The molecule has 0 saturated heterocycles. The summed E-state index contributed by atoms with van der Waals surface area (Å²) in [6, 6.07) is 9.76. The Morgan fingerprint density at radius 1 is 1.38 bits per heavy atom. The summed E-state index contributed by atoms with van der Waals surface area (Å²) in [4.78, 5) is 17.2. The minimum absolute atomic E-state index is 0.250. The number of hydrogen-bond acceptors (Lipinski definition) is 7. The maximum Gasteiger partial charge on any atom is 0.280 e. The predicted octanol–water partition coefficient (Wildman–Crippen LogP) is 0.898. The third-order valence-electron chi connectivity index (χ3n) is 3.35. The van der Waals surface area contributed by atoms with Crippen LogP contribution in [0.2, 0.25) is 0 Å². The number of aromatic nitrogens is 1. The zero-order chi connectivity index (χ0) is 17.5. The third-order valence-corrected chi connectivity index (χ3v) is 4.39.